The van der Waals surface area contributed by atoms with Crippen LogP contribution in [0.1, 0.15) is 12.0 Å². The normalized spacial score (nSPS) is 21.8. The Kier molecular flexibility index (Phi) is 3.95. The van der Waals surface area contributed by atoms with Crippen molar-refractivity contribution in [1.82, 2.24) is 5.32 Å². The Hall–Kier alpha value is -1.44. The summed E-state index contributed by atoms with van der Waals surface area (Å²) in [4.78, 5) is 13.3. The maximum absolute atomic E-state index is 12.2. The molecule has 1 N–H and O–H groups in total. The van der Waals surface area contributed by atoms with Gasteiger partial charge in [-0.05, 0) is 18.1 Å². The van der Waals surface area contributed by atoms with Gasteiger partial charge in [0.1, 0.15) is 5.54 Å². The molecule has 0 saturated carbocycles. The first-order chi connectivity index (χ1) is 8.74. The van der Waals surface area contributed by atoms with Gasteiger partial charge in [0.25, 0.3) is 0 Å². The van der Waals surface area contributed by atoms with E-state index in [4.69, 9.17) is 11.2 Å². The van der Waals surface area contributed by atoms with E-state index in [-0.39, 0.29) is 5.97 Å². The highest BCUT2D eigenvalue weighted by molar-refractivity contribution is 7.99. The number of fused-ring (bicyclic) bond motifs is 1. The van der Waals surface area contributed by atoms with Gasteiger partial charge in [-0.1, -0.05) is 24.1 Å². The fourth-order valence-electron chi connectivity index (χ4n) is 2.24. The maximum atomic E-state index is 12.2. The molecule has 1 aliphatic rings. The molecule has 2 rings (SSSR count). The summed E-state index contributed by atoms with van der Waals surface area (Å²) in [5, 5.41) is 3.17. The molecule has 4 heteroatoms. The Balaban J connectivity index is 2.48. The van der Waals surface area contributed by atoms with Gasteiger partial charge in [-0.25, -0.2) is 4.79 Å². The van der Waals surface area contributed by atoms with Crippen molar-refractivity contribution in [1.29, 1.82) is 0 Å². The van der Waals surface area contributed by atoms with Crippen LogP contribution in [0.5, 0.6) is 0 Å². The van der Waals surface area contributed by atoms with Crippen LogP contribution in [0.3, 0.4) is 0 Å². The lowest BCUT2D eigenvalue weighted by atomic mass is 9.86. The smallest absolute Gasteiger partial charge is 0.330 e. The monoisotopic (exact) mass is 261 g/mol. The highest BCUT2D eigenvalue weighted by Crippen LogP contribution is 2.40. The van der Waals surface area contributed by atoms with Crippen molar-refractivity contribution in [2.45, 2.75) is 16.9 Å². The highest BCUT2D eigenvalue weighted by atomic mass is 32.2. The Morgan fingerprint density at radius 2 is 2.39 bits per heavy atom. The highest BCUT2D eigenvalue weighted by Gasteiger charge is 2.44. The molecule has 0 bridgehead atoms. The largest absolute Gasteiger partial charge is 0.467 e. The molecule has 1 atom stereocenters. The fraction of sp³-hybridized carbons (Fsp3) is 0.357. The third-order valence-corrected chi connectivity index (χ3v) is 4.18. The molecule has 1 heterocycles. The molecule has 0 radical (unpaired) electrons. The molecule has 1 aromatic rings. The van der Waals surface area contributed by atoms with E-state index < -0.39 is 5.54 Å². The molecule has 0 spiro atoms. The standard InChI is InChI=1S/C14H15NO2S/c1-3-9-15-14(13(16)17-2)8-10-18-12-7-5-4-6-11(12)14/h1,4-7,15H,8-10H2,2H3. The van der Waals surface area contributed by atoms with Gasteiger partial charge in [-0.15, -0.1) is 18.2 Å². The second-order valence-electron chi connectivity index (χ2n) is 4.05. The maximum Gasteiger partial charge on any atom is 0.330 e. The number of hydrogen-bond donors (Lipinski definition) is 1. The molecule has 1 aliphatic heterocycles. The van der Waals surface area contributed by atoms with Crippen molar-refractivity contribution in [2.75, 3.05) is 19.4 Å². The van der Waals surface area contributed by atoms with Crippen LogP contribution in [0.25, 0.3) is 0 Å². The van der Waals surface area contributed by atoms with Crippen LogP contribution in [-0.2, 0) is 15.1 Å². The van der Waals surface area contributed by atoms with Gasteiger partial charge in [0.15, 0.2) is 0 Å². The molecule has 0 aromatic heterocycles. The first kappa shape index (κ1) is 13.0. The second kappa shape index (κ2) is 5.47. The molecular weight excluding hydrogens is 246 g/mol. The van der Waals surface area contributed by atoms with Gasteiger partial charge >= 0.3 is 5.97 Å². The molecule has 1 aromatic carbocycles. The van der Waals surface area contributed by atoms with Gasteiger partial charge < -0.3 is 4.74 Å². The lowest BCUT2D eigenvalue weighted by molar-refractivity contribution is -0.149. The number of rotatable bonds is 3. The summed E-state index contributed by atoms with van der Waals surface area (Å²) in [7, 11) is 1.41. The number of nitrogens with one attached hydrogen (secondary N) is 1. The summed E-state index contributed by atoms with van der Waals surface area (Å²) in [5.74, 6) is 3.12. The van der Waals surface area contributed by atoms with Gasteiger partial charge in [0.05, 0.1) is 13.7 Å². The molecule has 0 saturated heterocycles. The summed E-state index contributed by atoms with van der Waals surface area (Å²) >= 11 is 1.75. The van der Waals surface area contributed by atoms with Crippen LogP contribution >= 0.6 is 11.8 Å². The van der Waals surface area contributed by atoms with E-state index in [1.54, 1.807) is 11.8 Å². The second-order valence-corrected chi connectivity index (χ2v) is 5.19. The number of carbonyl (C=O) groups excluding carboxylic acids is 1. The summed E-state index contributed by atoms with van der Waals surface area (Å²) in [6, 6.07) is 7.89. The van der Waals surface area contributed by atoms with Crippen LogP contribution in [-0.4, -0.2) is 25.4 Å². The van der Waals surface area contributed by atoms with Crippen molar-refractivity contribution in [3.63, 3.8) is 0 Å². The van der Waals surface area contributed by atoms with Crippen molar-refractivity contribution >= 4 is 17.7 Å². The predicted molar refractivity (Wildman–Crippen MR) is 72.3 cm³/mol. The summed E-state index contributed by atoms with van der Waals surface area (Å²) in [6.45, 7) is 0.341. The Morgan fingerprint density at radius 1 is 1.61 bits per heavy atom. The molecular formula is C14H15NO2S. The van der Waals surface area contributed by atoms with Crippen molar-refractivity contribution in [3.05, 3.63) is 29.8 Å². The van der Waals surface area contributed by atoms with Crippen LogP contribution in [0.15, 0.2) is 29.2 Å². The van der Waals surface area contributed by atoms with E-state index >= 15 is 0 Å². The van der Waals surface area contributed by atoms with Crippen molar-refractivity contribution in [3.8, 4) is 12.3 Å². The number of esters is 1. The van der Waals surface area contributed by atoms with Crippen LogP contribution in [0, 0.1) is 12.3 Å². The number of benzene rings is 1. The number of carbonyl (C=O) groups is 1. The topological polar surface area (TPSA) is 38.3 Å². The molecule has 18 heavy (non-hydrogen) atoms. The predicted octanol–water partition coefficient (Wildman–Crippen LogP) is 1.77. The molecule has 0 amide bonds. The van der Waals surface area contributed by atoms with Gasteiger partial charge in [-0.2, -0.15) is 0 Å². The number of methoxy groups -OCH3 is 1. The van der Waals surface area contributed by atoms with Crippen LogP contribution in [0.4, 0.5) is 0 Å². The summed E-state index contributed by atoms with van der Waals surface area (Å²) < 4.78 is 4.97. The Labute approximate surface area is 111 Å². The van der Waals surface area contributed by atoms with E-state index in [9.17, 15) is 4.79 Å². The zero-order valence-corrected chi connectivity index (χ0v) is 11.0. The Morgan fingerprint density at radius 3 is 3.11 bits per heavy atom. The average molecular weight is 261 g/mol. The molecule has 0 fully saturated rings. The minimum Gasteiger partial charge on any atom is -0.467 e. The number of ether oxygens (including phenoxy) is 1. The summed E-state index contributed by atoms with van der Waals surface area (Å²) in [5.41, 5.74) is 0.159. The van der Waals surface area contributed by atoms with Gasteiger partial charge in [0, 0.05) is 10.6 Å². The van der Waals surface area contributed by atoms with E-state index in [0.29, 0.717) is 13.0 Å². The minimum absolute atomic E-state index is 0.273. The number of hydrogen-bond acceptors (Lipinski definition) is 4. The van der Waals surface area contributed by atoms with Crippen molar-refractivity contribution in [2.24, 2.45) is 0 Å². The third kappa shape index (κ3) is 2.12. The Bertz CT molecular complexity index is 495. The SMILES string of the molecule is C#CCNC1(C(=O)OC)CCSc2ccccc21. The van der Waals surface area contributed by atoms with E-state index in [1.807, 2.05) is 24.3 Å². The molecule has 1 unspecified atom stereocenters. The average Bonchev–Trinajstić information content (AvgIpc) is 2.44. The molecule has 3 nitrogen and oxygen atoms in total. The van der Waals surface area contributed by atoms with E-state index in [0.717, 1.165) is 16.2 Å². The fourth-order valence-corrected chi connectivity index (χ4v) is 3.44. The quantitative estimate of drug-likeness (QED) is 0.665. The van der Waals surface area contributed by atoms with Gasteiger partial charge in [-0.3, -0.25) is 5.32 Å². The number of terminal acetylenes is 1. The number of thioether (sulfide) groups is 1. The minimum atomic E-state index is -0.803. The van der Waals surface area contributed by atoms with E-state index in [1.165, 1.54) is 7.11 Å². The zero-order valence-electron chi connectivity index (χ0n) is 10.2. The third-order valence-electron chi connectivity index (χ3n) is 3.11. The lowest BCUT2D eigenvalue weighted by Crippen LogP contribution is -2.52. The van der Waals surface area contributed by atoms with Gasteiger partial charge in [0.2, 0.25) is 0 Å². The van der Waals surface area contributed by atoms with Crippen molar-refractivity contribution < 1.29 is 9.53 Å². The lowest BCUT2D eigenvalue weighted by Gasteiger charge is -2.36. The molecule has 0 aliphatic carbocycles. The molecule has 94 valence electrons. The first-order valence-corrected chi connectivity index (χ1v) is 6.72. The summed E-state index contributed by atoms with van der Waals surface area (Å²) in [6.07, 6.45) is 5.98. The first-order valence-electron chi connectivity index (χ1n) is 5.74. The van der Waals surface area contributed by atoms with Crippen LogP contribution in [0.2, 0.25) is 0 Å². The van der Waals surface area contributed by atoms with Crippen LogP contribution < -0.4 is 5.32 Å². The zero-order chi connectivity index (χ0) is 13.0. The van der Waals surface area contributed by atoms with E-state index in [2.05, 4.69) is 11.2 Å².